The van der Waals surface area contributed by atoms with E-state index >= 15 is 0 Å². The van der Waals surface area contributed by atoms with Crippen molar-refractivity contribution in [3.05, 3.63) is 231 Å². The Morgan fingerprint density at radius 1 is 0.172 bits per heavy atom. The molecule has 14 aromatic rings. The van der Waals surface area contributed by atoms with Crippen LogP contribution in [0.15, 0.2) is 231 Å². The Kier molecular flexibility index (Phi) is 7.43. The maximum absolute atomic E-state index is 2.50. The molecule has 0 bridgehead atoms. The SMILES string of the molecule is c1ccc(-n2c3ccccc3c3c2c2ccccc2n3-c2ccc3c4ccccc4c4cc5c6ccccc6c6ccccc6c6ccccc6c5cc4c4ccccc4c3c2)cc1. The summed E-state index contributed by atoms with van der Waals surface area (Å²) in [5.41, 5.74) is 7.11. The van der Waals surface area contributed by atoms with Crippen molar-refractivity contribution in [2.24, 2.45) is 0 Å². The first-order valence-electron chi connectivity index (χ1n) is 22.2. The summed E-state index contributed by atoms with van der Waals surface area (Å²) < 4.78 is 4.95. The minimum atomic E-state index is 1.14. The second kappa shape index (κ2) is 13.5. The molecule has 64 heavy (non-hydrogen) atoms. The maximum atomic E-state index is 2.50. The summed E-state index contributed by atoms with van der Waals surface area (Å²) in [6.45, 7) is 0. The van der Waals surface area contributed by atoms with Crippen LogP contribution in [0.4, 0.5) is 0 Å². The zero-order chi connectivity index (χ0) is 41.9. The molecule has 0 fully saturated rings. The number of rotatable bonds is 2. The number of nitrogens with zero attached hydrogens (tertiary/aromatic N) is 2. The fraction of sp³-hybridized carbons (Fsp3) is 0. The van der Waals surface area contributed by atoms with Gasteiger partial charge in [-0.2, -0.15) is 0 Å². The van der Waals surface area contributed by atoms with Gasteiger partial charge in [-0.25, -0.2) is 0 Å². The lowest BCUT2D eigenvalue weighted by Gasteiger charge is -2.15. The molecule has 2 heteroatoms. The van der Waals surface area contributed by atoms with Gasteiger partial charge in [0.25, 0.3) is 0 Å². The lowest BCUT2D eigenvalue weighted by molar-refractivity contribution is 1.18. The van der Waals surface area contributed by atoms with E-state index in [0.29, 0.717) is 0 Å². The molecule has 296 valence electrons. The third kappa shape index (κ3) is 4.91. The first kappa shape index (κ1) is 35.2. The highest BCUT2D eigenvalue weighted by atomic mass is 15.1. The zero-order valence-electron chi connectivity index (χ0n) is 34.8. The molecule has 0 aliphatic rings. The van der Waals surface area contributed by atoms with Crippen molar-refractivity contribution in [1.29, 1.82) is 0 Å². The highest BCUT2D eigenvalue weighted by Crippen LogP contribution is 2.44. The molecule has 0 saturated carbocycles. The van der Waals surface area contributed by atoms with E-state index < -0.39 is 0 Å². The quantitative estimate of drug-likeness (QED) is 0.165. The molecule has 0 radical (unpaired) electrons. The van der Waals surface area contributed by atoms with Crippen molar-refractivity contribution in [3.8, 4) is 11.4 Å². The predicted octanol–water partition coefficient (Wildman–Crippen LogP) is 17.1. The summed E-state index contributed by atoms with van der Waals surface area (Å²) in [6, 6.07) is 85.7. The van der Waals surface area contributed by atoms with Crippen LogP contribution in [-0.4, -0.2) is 9.13 Å². The summed E-state index contributed by atoms with van der Waals surface area (Å²) in [7, 11) is 0. The molecule has 2 heterocycles. The van der Waals surface area contributed by atoms with Gasteiger partial charge in [-0.05, 0) is 135 Å². The molecule has 0 spiro atoms. The third-order valence-electron chi connectivity index (χ3n) is 13.9. The topological polar surface area (TPSA) is 9.86 Å². The van der Waals surface area contributed by atoms with Crippen LogP contribution >= 0.6 is 0 Å². The van der Waals surface area contributed by atoms with E-state index in [-0.39, 0.29) is 0 Å². The van der Waals surface area contributed by atoms with Crippen LogP contribution in [0, 0.1) is 0 Å². The van der Waals surface area contributed by atoms with Crippen molar-refractivity contribution in [3.63, 3.8) is 0 Å². The molecular formula is C62H38N2. The highest BCUT2D eigenvalue weighted by molar-refractivity contribution is 6.32. The van der Waals surface area contributed by atoms with Crippen molar-refractivity contribution in [1.82, 2.24) is 9.13 Å². The highest BCUT2D eigenvalue weighted by Gasteiger charge is 2.22. The van der Waals surface area contributed by atoms with Gasteiger partial charge in [0.1, 0.15) is 0 Å². The molecule has 0 aliphatic carbocycles. The minimum absolute atomic E-state index is 1.14. The van der Waals surface area contributed by atoms with Crippen LogP contribution in [0.1, 0.15) is 0 Å². The van der Waals surface area contributed by atoms with Gasteiger partial charge in [-0.1, -0.05) is 182 Å². The Labute approximate surface area is 368 Å². The molecule has 12 aromatic carbocycles. The summed E-state index contributed by atoms with van der Waals surface area (Å²) in [5, 5.41) is 22.3. The van der Waals surface area contributed by atoms with Gasteiger partial charge in [0, 0.05) is 22.1 Å². The molecule has 14 rings (SSSR count). The van der Waals surface area contributed by atoms with E-state index in [4.69, 9.17) is 0 Å². The van der Waals surface area contributed by atoms with Crippen LogP contribution < -0.4 is 0 Å². The molecule has 0 amide bonds. The maximum Gasteiger partial charge on any atom is 0.0803 e. The van der Waals surface area contributed by atoms with Crippen LogP contribution in [0.3, 0.4) is 0 Å². The first-order valence-corrected chi connectivity index (χ1v) is 22.2. The Balaban J connectivity index is 1.17. The number of aromatic nitrogens is 2. The number of fused-ring (bicyclic) bond motifs is 21. The Morgan fingerprint density at radius 3 is 0.812 bits per heavy atom. The van der Waals surface area contributed by atoms with E-state index in [1.165, 1.54) is 119 Å². The number of para-hydroxylation sites is 3. The Bertz CT molecular complexity index is 4350. The van der Waals surface area contributed by atoms with Crippen LogP contribution in [-0.2, 0) is 0 Å². The monoisotopic (exact) mass is 810 g/mol. The fourth-order valence-corrected chi connectivity index (χ4v) is 11.2. The van der Waals surface area contributed by atoms with Gasteiger partial charge in [0.05, 0.1) is 22.1 Å². The summed E-state index contributed by atoms with van der Waals surface area (Å²) in [5.74, 6) is 0. The molecule has 0 aliphatic heterocycles. The van der Waals surface area contributed by atoms with Gasteiger partial charge < -0.3 is 9.13 Å². The van der Waals surface area contributed by atoms with E-state index in [1.54, 1.807) is 0 Å². The molecule has 2 aromatic heterocycles. The standard InChI is InChI=1S/C62H38N2/c1-2-18-39(19-3-1)63-59-32-16-14-30-52(59)62-61(63)53-31-15-17-33-60(53)64(62)40-34-35-51-45-24-8-11-27-48(45)57-37-55-46-25-9-6-22-43(46)41-20-4-5-21-42(41)44-23-7-10-26-47(44)56(55)38-58(57)50-29-13-12-28-49(50)54(51)36-40/h1-38H. The van der Waals surface area contributed by atoms with Crippen LogP contribution in [0.5, 0.6) is 0 Å². The first-order chi connectivity index (χ1) is 31.8. The van der Waals surface area contributed by atoms with Gasteiger partial charge in [-0.15, -0.1) is 0 Å². The molecular weight excluding hydrogens is 773 g/mol. The number of benzene rings is 10. The molecule has 2 nitrogen and oxygen atoms in total. The largest absolute Gasteiger partial charge is 0.307 e. The lowest BCUT2D eigenvalue weighted by Crippen LogP contribution is -1.94. The van der Waals surface area contributed by atoms with Gasteiger partial charge in [0.15, 0.2) is 0 Å². The van der Waals surface area contributed by atoms with E-state index in [0.717, 1.165) is 11.4 Å². The normalized spacial score (nSPS) is 12.1. The minimum Gasteiger partial charge on any atom is -0.307 e. The second-order valence-corrected chi connectivity index (χ2v) is 17.1. The van der Waals surface area contributed by atoms with Gasteiger partial charge >= 0.3 is 0 Å². The average molecular weight is 811 g/mol. The van der Waals surface area contributed by atoms with Crippen molar-refractivity contribution >= 4 is 119 Å². The third-order valence-corrected chi connectivity index (χ3v) is 13.9. The summed E-state index contributed by atoms with van der Waals surface area (Å²) in [4.78, 5) is 0. The average Bonchev–Trinajstić information content (AvgIpc) is 3.88. The number of hydrogen-bond donors (Lipinski definition) is 0. The smallest absolute Gasteiger partial charge is 0.0803 e. The predicted molar refractivity (Wildman–Crippen MR) is 275 cm³/mol. The number of hydrogen-bond acceptors (Lipinski definition) is 0. The summed E-state index contributed by atoms with van der Waals surface area (Å²) in [6.07, 6.45) is 0. The van der Waals surface area contributed by atoms with Crippen molar-refractivity contribution < 1.29 is 0 Å². The Morgan fingerprint density at radius 2 is 0.438 bits per heavy atom. The van der Waals surface area contributed by atoms with Crippen LogP contribution in [0.2, 0.25) is 0 Å². The summed E-state index contributed by atoms with van der Waals surface area (Å²) >= 11 is 0. The molecule has 0 N–H and O–H groups in total. The molecule has 0 unspecified atom stereocenters. The lowest BCUT2D eigenvalue weighted by atomic mass is 9.90. The molecule has 0 atom stereocenters. The van der Waals surface area contributed by atoms with Gasteiger partial charge in [-0.3, -0.25) is 0 Å². The fourth-order valence-electron chi connectivity index (χ4n) is 11.2. The second-order valence-electron chi connectivity index (χ2n) is 17.1. The van der Waals surface area contributed by atoms with Crippen LogP contribution in [0.25, 0.3) is 130 Å². The van der Waals surface area contributed by atoms with Crippen molar-refractivity contribution in [2.45, 2.75) is 0 Å². The van der Waals surface area contributed by atoms with Crippen molar-refractivity contribution in [2.75, 3.05) is 0 Å². The van der Waals surface area contributed by atoms with E-state index in [2.05, 4.69) is 240 Å². The van der Waals surface area contributed by atoms with Gasteiger partial charge in [0.2, 0.25) is 0 Å². The zero-order valence-corrected chi connectivity index (χ0v) is 34.8. The molecule has 0 saturated heterocycles. The Hall–Kier alpha value is -8.46. The van der Waals surface area contributed by atoms with E-state index in [1.807, 2.05) is 0 Å². The van der Waals surface area contributed by atoms with E-state index in [9.17, 15) is 0 Å².